The molecule has 1 aromatic carbocycles. The third-order valence-electron chi connectivity index (χ3n) is 3.90. The second-order valence-corrected chi connectivity index (χ2v) is 6.58. The van der Waals surface area contributed by atoms with Crippen molar-refractivity contribution in [2.75, 3.05) is 13.1 Å². The highest BCUT2D eigenvalue weighted by Crippen LogP contribution is 2.20. The van der Waals surface area contributed by atoms with Gasteiger partial charge in [0.2, 0.25) is 6.10 Å². The molecule has 0 aromatic heterocycles. The summed E-state index contributed by atoms with van der Waals surface area (Å²) in [5.74, 6) is -2.42. The van der Waals surface area contributed by atoms with Crippen LogP contribution in [0.4, 0.5) is 9.59 Å². The molecule has 10 nitrogen and oxygen atoms in total. The Hall–Kier alpha value is -3.43. The third kappa shape index (κ3) is 4.84. The summed E-state index contributed by atoms with van der Waals surface area (Å²) >= 11 is 0. The maximum absolute atomic E-state index is 12.4. The summed E-state index contributed by atoms with van der Waals surface area (Å²) in [6, 6.07) is 6.61. The predicted octanol–water partition coefficient (Wildman–Crippen LogP) is 0.447. The van der Waals surface area contributed by atoms with E-state index >= 15 is 0 Å². The second kappa shape index (κ2) is 8.51. The van der Waals surface area contributed by atoms with Gasteiger partial charge in [-0.2, -0.15) is 0 Å². The molecule has 0 spiro atoms. The smallest absolute Gasteiger partial charge is 0.327 e. The van der Waals surface area contributed by atoms with Gasteiger partial charge in [0.15, 0.2) is 0 Å². The van der Waals surface area contributed by atoms with Crippen LogP contribution in [0.3, 0.4) is 0 Å². The predicted molar refractivity (Wildman–Crippen MR) is 96.8 cm³/mol. The van der Waals surface area contributed by atoms with Crippen LogP contribution < -0.4 is 16.0 Å². The lowest BCUT2D eigenvalue weighted by molar-refractivity contribution is -0.157. The largest absolute Gasteiger partial charge is 0.446 e. The first-order chi connectivity index (χ1) is 13.2. The third-order valence-corrected chi connectivity index (χ3v) is 3.90. The van der Waals surface area contributed by atoms with E-state index in [0.717, 1.165) is 0 Å². The van der Waals surface area contributed by atoms with E-state index < -0.39 is 48.0 Å². The van der Waals surface area contributed by atoms with Crippen LogP contribution >= 0.6 is 0 Å². The van der Waals surface area contributed by atoms with E-state index in [1.54, 1.807) is 37.3 Å². The number of nitrogens with one attached hydrogen (secondary N) is 3. The maximum atomic E-state index is 12.4. The highest BCUT2D eigenvalue weighted by atomic mass is 16.5. The molecule has 28 heavy (non-hydrogen) atoms. The Morgan fingerprint density at radius 2 is 1.82 bits per heavy atom. The maximum Gasteiger partial charge on any atom is 0.327 e. The van der Waals surface area contributed by atoms with Gasteiger partial charge in [-0.25, -0.2) is 9.59 Å². The summed E-state index contributed by atoms with van der Waals surface area (Å²) in [6.07, 6.45) is -1.43. The molecule has 1 fully saturated rings. The summed E-state index contributed by atoms with van der Waals surface area (Å²) in [7, 11) is 0. The van der Waals surface area contributed by atoms with Gasteiger partial charge in [0.25, 0.3) is 11.8 Å². The van der Waals surface area contributed by atoms with Gasteiger partial charge in [0.05, 0.1) is 0 Å². The lowest BCUT2D eigenvalue weighted by Gasteiger charge is -2.20. The SMILES string of the molecule is CCNC(=O)NC(=O)[C@H](OC(=O)CN1C(=O)NC(C)(C)C1=O)c1ccccc1. The Bertz CT molecular complexity index is 793. The molecule has 1 heterocycles. The fraction of sp³-hybridized carbons (Fsp3) is 0.389. The standard InChI is InChI=1S/C18H22N4O6/c1-4-19-16(26)20-14(24)13(11-8-6-5-7-9-11)28-12(23)10-22-15(25)18(2,3)21-17(22)27/h5-9,13H,4,10H2,1-3H3,(H,21,27)(H2,19,20,24,26)/t13-/m1/s1. The molecule has 0 radical (unpaired) electrons. The Balaban J connectivity index is 2.13. The Morgan fingerprint density at radius 1 is 1.18 bits per heavy atom. The normalized spacial score (nSPS) is 16.2. The number of esters is 1. The van der Waals surface area contributed by atoms with Crippen LogP contribution in [0.15, 0.2) is 30.3 Å². The first-order valence-corrected chi connectivity index (χ1v) is 8.63. The molecule has 1 aromatic rings. The Labute approximate surface area is 161 Å². The van der Waals surface area contributed by atoms with Gasteiger partial charge in [-0.1, -0.05) is 30.3 Å². The number of nitrogens with zero attached hydrogens (tertiary/aromatic N) is 1. The van der Waals surface area contributed by atoms with E-state index in [1.807, 2.05) is 0 Å². The summed E-state index contributed by atoms with van der Waals surface area (Å²) in [5.41, 5.74) is -0.804. The van der Waals surface area contributed by atoms with Crippen molar-refractivity contribution in [1.82, 2.24) is 20.9 Å². The summed E-state index contributed by atoms with van der Waals surface area (Å²) < 4.78 is 5.20. The van der Waals surface area contributed by atoms with Gasteiger partial charge in [-0.15, -0.1) is 0 Å². The highest BCUT2D eigenvalue weighted by Gasteiger charge is 2.45. The van der Waals surface area contributed by atoms with Crippen LogP contribution in [0.2, 0.25) is 0 Å². The first-order valence-electron chi connectivity index (χ1n) is 8.63. The van der Waals surface area contributed by atoms with E-state index in [-0.39, 0.29) is 0 Å². The van der Waals surface area contributed by atoms with E-state index in [2.05, 4.69) is 16.0 Å². The van der Waals surface area contributed by atoms with Gasteiger partial charge in [0, 0.05) is 12.1 Å². The fourth-order valence-corrected chi connectivity index (χ4v) is 2.54. The number of imide groups is 2. The Morgan fingerprint density at radius 3 is 2.36 bits per heavy atom. The van der Waals surface area contributed by atoms with Gasteiger partial charge in [0.1, 0.15) is 12.1 Å². The van der Waals surface area contributed by atoms with Crippen molar-refractivity contribution in [2.45, 2.75) is 32.4 Å². The molecule has 0 bridgehead atoms. The molecule has 3 N–H and O–H groups in total. The van der Waals surface area contributed by atoms with Crippen LogP contribution in [0.5, 0.6) is 0 Å². The molecule has 2 rings (SSSR count). The zero-order valence-electron chi connectivity index (χ0n) is 15.8. The van der Waals surface area contributed by atoms with Crippen LogP contribution in [-0.4, -0.2) is 53.4 Å². The van der Waals surface area contributed by atoms with E-state index in [0.29, 0.717) is 17.0 Å². The Kier molecular flexibility index (Phi) is 6.34. The zero-order valence-corrected chi connectivity index (χ0v) is 15.8. The van der Waals surface area contributed by atoms with Crippen LogP contribution in [0, 0.1) is 0 Å². The molecule has 1 atom stereocenters. The molecule has 0 unspecified atom stereocenters. The number of hydrogen-bond donors (Lipinski definition) is 3. The number of rotatable bonds is 6. The van der Waals surface area contributed by atoms with Gasteiger partial charge >= 0.3 is 18.0 Å². The number of carbonyl (C=O) groups is 5. The van der Waals surface area contributed by atoms with Crippen molar-refractivity contribution in [3.63, 3.8) is 0 Å². The molecule has 10 heteroatoms. The molecular weight excluding hydrogens is 368 g/mol. The molecule has 1 saturated heterocycles. The minimum Gasteiger partial charge on any atom is -0.446 e. The number of hydrogen-bond acceptors (Lipinski definition) is 6. The average Bonchev–Trinajstić information content (AvgIpc) is 2.82. The quantitative estimate of drug-likeness (QED) is 0.477. The van der Waals surface area contributed by atoms with Crippen molar-refractivity contribution in [3.8, 4) is 0 Å². The number of amides is 6. The minimum atomic E-state index is -1.43. The first kappa shape index (κ1) is 20.9. The second-order valence-electron chi connectivity index (χ2n) is 6.58. The number of carbonyl (C=O) groups excluding carboxylic acids is 5. The molecule has 1 aliphatic rings. The molecule has 0 saturated carbocycles. The molecule has 1 aliphatic heterocycles. The lowest BCUT2D eigenvalue weighted by Crippen LogP contribution is -2.44. The van der Waals surface area contributed by atoms with Gasteiger partial charge in [-0.05, 0) is 20.8 Å². The summed E-state index contributed by atoms with van der Waals surface area (Å²) in [4.78, 5) is 61.2. The molecule has 6 amide bonds. The van der Waals surface area contributed by atoms with Crippen LogP contribution in [0.25, 0.3) is 0 Å². The van der Waals surface area contributed by atoms with E-state index in [9.17, 15) is 24.0 Å². The molecule has 0 aliphatic carbocycles. The van der Waals surface area contributed by atoms with E-state index in [4.69, 9.17) is 4.74 Å². The average molecular weight is 390 g/mol. The number of urea groups is 2. The number of benzene rings is 1. The van der Waals surface area contributed by atoms with Crippen molar-refractivity contribution in [1.29, 1.82) is 0 Å². The summed E-state index contributed by atoms with van der Waals surface area (Å²) in [6.45, 7) is 4.33. The molecule has 150 valence electrons. The topological polar surface area (TPSA) is 134 Å². The highest BCUT2D eigenvalue weighted by molar-refractivity contribution is 6.08. The number of ether oxygens (including phenoxy) is 1. The van der Waals surface area contributed by atoms with Crippen LogP contribution in [0.1, 0.15) is 32.4 Å². The van der Waals surface area contributed by atoms with Gasteiger partial charge < -0.3 is 15.4 Å². The van der Waals surface area contributed by atoms with E-state index in [1.165, 1.54) is 13.8 Å². The summed E-state index contributed by atoms with van der Waals surface area (Å²) in [5, 5.41) is 6.93. The fourth-order valence-electron chi connectivity index (χ4n) is 2.54. The monoisotopic (exact) mass is 390 g/mol. The molecular formula is C18H22N4O6. The zero-order chi connectivity index (χ0) is 20.9. The lowest BCUT2D eigenvalue weighted by atomic mass is 10.1. The van der Waals surface area contributed by atoms with Crippen molar-refractivity contribution < 1.29 is 28.7 Å². The van der Waals surface area contributed by atoms with Gasteiger partial charge in [-0.3, -0.25) is 24.6 Å². The minimum absolute atomic E-state index is 0.302. The van der Waals surface area contributed by atoms with Crippen molar-refractivity contribution in [2.24, 2.45) is 0 Å². The van der Waals surface area contributed by atoms with Crippen molar-refractivity contribution in [3.05, 3.63) is 35.9 Å². The van der Waals surface area contributed by atoms with Crippen LogP contribution in [-0.2, 0) is 19.1 Å². The van der Waals surface area contributed by atoms with Crippen molar-refractivity contribution >= 4 is 29.8 Å².